The number of benzene rings is 1. The molecular weight excluding hydrogens is 234 g/mol. The largest absolute Gasteiger partial charge is 0.505 e. The highest BCUT2D eigenvalue weighted by Gasteiger charge is 2.21. The van der Waals surface area contributed by atoms with Crippen LogP contribution in [0.1, 0.15) is 49.1 Å². The predicted octanol–water partition coefficient (Wildman–Crippen LogP) is 4.38. The van der Waals surface area contributed by atoms with E-state index in [0.29, 0.717) is 5.92 Å². The molecule has 0 aromatic heterocycles. The van der Waals surface area contributed by atoms with Crippen molar-refractivity contribution in [3.63, 3.8) is 0 Å². The summed E-state index contributed by atoms with van der Waals surface area (Å²) in [7, 11) is 1.69. The van der Waals surface area contributed by atoms with E-state index in [0.717, 1.165) is 17.9 Å². The third-order valence-electron chi connectivity index (χ3n) is 4.06. The summed E-state index contributed by atoms with van der Waals surface area (Å²) in [5, 5.41) is 8.81. The standard InChI is InChI=1S/C17H21NO/c1-19-12-2-3-14-4-8-16(9-5-14)17-10-6-15(13-18)7-11-17/h2,6-7,10-12,14,16H,3-5,8-9H2,1H3/t14-,16-. The van der Waals surface area contributed by atoms with Crippen LogP contribution in [0.2, 0.25) is 0 Å². The van der Waals surface area contributed by atoms with Crippen molar-refractivity contribution in [1.82, 2.24) is 0 Å². The maximum atomic E-state index is 8.81. The van der Waals surface area contributed by atoms with Crippen LogP contribution in [0.25, 0.3) is 0 Å². The molecule has 100 valence electrons. The molecule has 0 heterocycles. The quantitative estimate of drug-likeness (QED) is 0.748. The van der Waals surface area contributed by atoms with Crippen LogP contribution in [0.5, 0.6) is 0 Å². The Labute approximate surface area is 115 Å². The van der Waals surface area contributed by atoms with Crippen LogP contribution in [0.3, 0.4) is 0 Å². The molecule has 0 saturated heterocycles. The van der Waals surface area contributed by atoms with Crippen molar-refractivity contribution in [1.29, 1.82) is 5.26 Å². The zero-order valence-electron chi connectivity index (χ0n) is 11.5. The van der Waals surface area contributed by atoms with Gasteiger partial charge in [-0.3, -0.25) is 0 Å². The van der Waals surface area contributed by atoms with Gasteiger partial charge in [0.1, 0.15) is 0 Å². The summed E-state index contributed by atoms with van der Waals surface area (Å²) >= 11 is 0. The van der Waals surface area contributed by atoms with E-state index in [2.05, 4.69) is 24.3 Å². The van der Waals surface area contributed by atoms with Crippen molar-refractivity contribution in [3.05, 3.63) is 47.7 Å². The van der Waals surface area contributed by atoms with E-state index in [1.165, 1.54) is 31.2 Å². The number of ether oxygens (including phenoxy) is 1. The fourth-order valence-corrected chi connectivity index (χ4v) is 2.91. The highest BCUT2D eigenvalue weighted by atomic mass is 16.5. The van der Waals surface area contributed by atoms with Crippen LogP contribution >= 0.6 is 0 Å². The molecule has 0 radical (unpaired) electrons. The number of methoxy groups -OCH3 is 1. The second-order valence-electron chi connectivity index (χ2n) is 5.29. The van der Waals surface area contributed by atoms with E-state index in [1.54, 1.807) is 13.4 Å². The molecule has 2 rings (SSSR count). The Balaban J connectivity index is 1.85. The first-order valence-corrected chi connectivity index (χ1v) is 7.01. The van der Waals surface area contributed by atoms with Gasteiger partial charge in [-0.1, -0.05) is 12.1 Å². The molecule has 19 heavy (non-hydrogen) atoms. The number of hydrogen-bond acceptors (Lipinski definition) is 2. The zero-order chi connectivity index (χ0) is 13.5. The van der Waals surface area contributed by atoms with Gasteiger partial charge in [0, 0.05) is 0 Å². The SMILES string of the molecule is COC=CC[C@H]1CC[C@H](c2ccc(C#N)cc2)CC1. The molecule has 2 heteroatoms. The Morgan fingerprint density at radius 2 is 1.89 bits per heavy atom. The topological polar surface area (TPSA) is 33.0 Å². The Bertz CT molecular complexity index is 447. The molecule has 0 amide bonds. The third kappa shape index (κ3) is 3.86. The lowest BCUT2D eigenvalue weighted by atomic mass is 9.77. The van der Waals surface area contributed by atoms with E-state index >= 15 is 0 Å². The van der Waals surface area contributed by atoms with E-state index in [1.807, 2.05) is 12.1 Å². The molecule has 1 aromatic carbocycles. The van der Waals surface area contributed by atoms with Gasteiger partial charge in [0.05, 0.1) is 25.0 Å². The van der Waals surface area contributed by atoms with Crippen LogP contribution in [0.4, 0.5) is 0 Å². The van der Waals surface area contributed by atoms with Gasteiger partial charge in [-0.05, 0) is 67.7 Å². The monoisotopic (exact) mass is 255 g/mol. The molecule has 1 fully saturated rings. The van der Waals surface area contributed by atoms with Gasteiger partial charge >= 0.3 is 0 Å². The van der Waals surface area contributed by atoms with Crippen LogP contribution in [-0.4, -0.2) is 7.11 Å². The fraction of sp³-hybridized carbons (Fsp3) is 0.471. The van der Waals surface area contributed by atoms with Gasteiger partial charge in [-0.15, -0.1) is 0 Å². The normalized spacial score (nSPS) is 23.2. The van der Waals surface area contributed by atoms with Gasteiger partial charge < -0.3 is 4.74 Å². The molecule has 0 N–H and O–H groups in total. The lowest BCUT2D eigenvalue weighted by Crippen LogP contribution is -2.12. The maximum absolute atomic E-state index is 8.81. The molecule has 0 spiro atoms. The highest BCUT2D eigenvalue weighted by Crippen LogP contribution is 2.37. The van der Waals surface area contributed by atoms with E-state index in [4.69, 9.17) is 10.00 Å². The Hall–Kier alpha value is -1.75. The maximum Gasteiger partial charge on any atom is 0.0991 e. The van der Waals surface area contributed by atoms with Crippen molar-refractivity contribution in [2.24, 2.45) is 5.92 Å². The first kappa shape index (κ1) is 13.7. The van der Waals surface area contributed by atoms with Gasteiger partial charge in [-0.2, -0.15) is 5.26 Å². The third-order valence-corrected chi connectivity index (χ3v) is 4.06. The number of rotatable bonds is 4. The summed E-state index contributed by atoms with van der Waals surface area (Å²) in [6, 6.07) is 10.3. The number of nitriles is 1. The summed E-state index contributed by atoms with van der Waals surface area (Å²) < 4.78 is 4.94. The van der Waals surface area contributed by atoms with Crippen molar-refractivity contribution in [2.75, 3.05) is 7.11 Å². The first-order valence-electron chi connectivity index (χ1n) is 7.01. The molecule has 0 aliphatic heterocycles. The van der Waals surface area contributed by atoms with Gasteiger partial charge in [0.2, 0.25) is 0 Å². The molecule has 1 aliphatic carbocycles. The summed E-state index contributed by atoms with van der Waals surface area (Å²) in [6.45, 7) is 0. The minimum Gasteiger partial charge on any atom is -0.505 e. The van der Waals surface area contributed by atoms with Crippen LogP contribution in [-0.2, 0) is 4.74 Å². The fourth-order valence-electron chi connectivity index (χ4n) is 2.91. The molecule has 1 aliphatic rings. The van der Waals surface area contributed by atoms with Crippen molar-refractivity contribution in [3.8, 4) is 6.07 Å². The molecule has 1 aromatic rings. The smallest absolute Gasteiger partial charge is 0.0991 e. The molecule has 0 unspecified atom stereocenters. The summed E-state index contributed by atoms with van der Waals surface area (Å²) in [6.07, 6.45) is 10.2. The predicted molar refractivity (Wildman–Crippen MR) is 76.6 cm³/mol. The number of nitrogens with zero attached hydrogens (tertiary/aromatic N) is 1. The highest BCUT2D eigenvalue weighted by molar-refractivity contribution is 5.33. The minimum atomic E-state index is 0.676. The van der Waals surface area contributed by atoms with Crippen LogP contribution in [0.15, 0.2) is 36.6 Å². The Kier molecular flexibility index (Phi) is 5.03. The summed E-state index contributed by atoms with van der Waals surface area (Å²) in [4.78, 5) is 0. The lowest BCUT2D eigenvalue weighted by molar-refractivity contribution is 0.315. The van der Waals surface area contributed by atoms with Gasteiger partial charge in [0.15, 0.2) is 0 Å². The number of allylic oxidation sites excluding steroid dienone is 1. The zero-order valence-corrected chi connectivity index (χ0v) is 11.5. The number of hydrogen-bond donors (Lipinski definition) is 0. The first-order chi connectivity index (χ1) is 9.33. The lowest BCUT2D eigenvalue weighted by Gasteiger charge is -2.28. The Morgan fingerprint density at radius 1 is 1.21 bits per heavy atom. The van der Waals surface area contributed by atoms with Crippen molar-refractivity contribution >= 4 is 0 Å². The molecule has 0 bridgehead atoms. The van der Waals surface area contributed by atoms with E-state index in [9.17, 15) is 0 Å². The minimum absolute atomic E-state index is 0.676. The second-order valence-corrected chi connectivity index (χ2v) is 5.29. The van der Waals surface area contributed by atoms with Crippen molar-refractivity contribution in [2.45, 2.75) is 38.0 Å². The average molecular weight is 255 g/mol. The summed E-state index contributed by atoms with van der Waals surface area (Å²) in [5.41, 5.74) is 2.15. The molecular formula is C17H21NO. The molecule has 2 nitrogen and oxygen atoms in total. The van der Waals surface area contributed by atoms with Crippen molar-refractivity contribution < 1.29 is 4.74 Å². The summed E-state index contributed by atoms with van der Waals surface area (Å²) in [5.74, 6) is 1.48. The van der Waals surface area contributed by atoms with E-state index in [-0.39, 0.29) is 0 Å². The van der Waals surface area contributed by atoms with Crippen LogP contribution in [0, 0.1) is 17.2 Å². The second kappa shape index (κ2) is 6.99. The van der Waals surface area contributed by atoms with E-state index < -0.39 is 0 Å². The average Bonchev–Trinajstić information content (AvgIpc) is 2.48. The van der Waals surface area contributed by atoms with Gasteiger partial charge in [-0.25, -0.2) is 0 Å². The Morgan fingerprint density at radius 3 is 2.47 bits per heavy atom. The molecule has 1 saturated carbocycles. The molecule has 0 atom stereocenters. The van der Waals surface area contributed by atoms with Crippen LogP contribution < -0.4 is 0 Å². The van der Waals surface area contributed by atoms with Gasteiger partial charge in [0.25, 0.3) is 0 Å².